The second kappa shape index (κ2) is 8.42. The highest BCUT2D eigenvalue weighted by Gasteiger charge is 2.22. The predicted molar refractivity (Wildman–Crippen MR) is 90.7 cm³/mol. The van der Waals surface area contributed by atoms with E-state index < -0.39 is 17.7 Å². The molecule has 1 aromatic rings. The average Bonchev–Trinajstić information content (AvgIpc) is 2.48. The standard InChI is InChI=1S/C18H27F2N3O/c1-12(2)11-23-8-6-15(7-9-23)22-18(24)21-13(3)16-5-4-14(19)10-17(16)20/h4-5,10,12-13,15H,6-9,11H2,1-3H3,(H2,21,22,24)/t13-/m1/s1. The molecular weight excluding hydrogens is 312 g/mol. The third kappa shape index (κ3) is 5.44. The number of piperidine rings is 1. The van der Waals surface area contributed by atoms with Gasteiger partial charge in [-0.1, -0.05) is 19.9 Å². The summed E-state index contributed by atoms with van der Waals surface area (Å²) in [5, 5.41) is 5.67. The zero-order valence-corrected chi connectivity index (χ0v) is 14.6. The summed E-state index contributed by atoms with van der Waals surface area (Å²) in [5.41, 5.74) is 0.276. The van der Waals surface area contributed by atoms with Crippen LogP contribution in [0.25, 0.3) is 0 Å². The minimum Gasteiger partial charge on any atom is -0.335 e. The Balaban J connectivity index is 1.79. The van der Waals surface area contributed by atoms with E-state index >= 15 is 0 Å². The minimum atomic E-state index is -0.648. The molecular formula is C18H27F2N3O. The predicted octanol–water partition coefficient (Wildman–Crippen LogP) is 3.45. The lowest BCUT2D eigenvalue weighted by molar-refractivity contribution is 0.177. The van der Waals surface area contributed by atoms with E-state index in [9.17, 15) is 13.6 Å². The Bertz CT molecular complexity index is 557. The normalized spacial score (nSPS) is 17.8. The van der Waals surface area contributed by atoms with E-state index in [0.717, 1.165) is 38.5 Å². The molecule has 0 saturated carbocycles. The first-order valence-electron chi connectivity index (χ1n) is 8.59. The fourth-order valence-electron chi connectivity index (χ4n) is 3.13. The summed E-state index contributed by atoms with van der Waals surface area (Å²) < 4.78 is 26.7. The molecule has 1 atom stereocenters. The molecule has 1 aliphatic rings. The number of nitrogens with one attached hydrogen (secondary N) is 2. The molecule has 2 N–H and O–H groups in total. The molecule has 4 nitrogen and oxygen atoms in total. The summed E-state index contributed by atoms with van der Waals surface area (Å²) in [7, 11) is 0. The zero-order valence-electron chi connectivity index (χ0n) is 14.6. The van der Waals surface area contributed by atoms with Gasteiger partial charge in [0, 0.05) is 37.3 Å². The van der Waals surface area contributed by atoms with Crippen LogP contribution in [0.3, 0.4) is 0 Å². The monoisotopic (exact) mass is 339 g/mol. The summed E-state index contributed by atoms with van der Waals surface area (Å²) in [4.78, 5) is 14.5. The molecule has 1 fully saturated rings. The number of carbonyl (C=O) groups is 1. The molecule has 1 aliphatic heterocycles. The van der Waals surface area contributed by atoms with Gasteiger partial charge in [-0.2, -0.15) is 0 Å². The molecule has 24 heavy (non-hydrogen) atoms. The fraction of sp³-hybridized carbons (Fsp3) is 0.611. The number of rotatable bonds is 5. The third-order valence-electron chi connectivity index (χ3n) is 4.32. The Kier molecular flexibility index (Phi) is 6.54. The van der Waals surface area contributed by atoms with Gasteiger partial charge in [0.05, 0.1) is 6.04 Å². The van der Waals surface area contributed by atoms with Crippen LogP contribution in [-0.2, 0) is 0 Å². The van der Waals surface area contributed by atoms with E-state index in [0.29, 0.717) is 5.92 Å². The molecule has 0 unspecified atom stereocenters. The van der Waals surface area contributed by atoms with Crippen molar-refractivity contribution >= 4 is 6.03 Å². The van der Waals surface area contributed by atoms with Crippen LogP contribution >= 0.6 is 0 Å². The van der Waals surface area contributed by atoms with Crippen molar-refractivity contribution < 1.29 is 13.6 Å². The van der Waals surface area contributed by atoms with Crippen LogP contribution in [0.1, 0.15) is 45.2 Å². The third-order valence-corrected chi connectivity index (χ3v) is 4.32. The molecule has 6 heteroatoms. The lowest BCUT2D eigenvalue weighted by Gasteiger charge is -2.33. The molecule has 2 amide bonds. The molecule has 1 heterocycles. The van der Waals surface area contributed by atoms with Crippen molar-refractivity contribution in [3.8, 4) is 0 Å². The molecule has 0 bridgehead atoms. The molecule has 0 aromatic heterocycles. The van der Waals surface area contributed by atoms with Crippen molar-refractivity contribution in [2.24, 2.45) is 5.92 Å². The largest absolute Gasteiger partial charge is 0.335 e. The average molecular weight is 339 g/mol. The maximum absolute atomic E-state index is 13.7. The van der Waals surface area contributed by atoms with Gasteiger partial charge in [-0.05, 0) is 31.7 Å². The van der Waals surface area contributed by atoms with Crippen molar-refractivity contribution in [2.45, 2.75) is 45.7 Å². The first-order chi connectivity index (χ1) is 11.3. The highest BCUT2D eigenvalue weighted by molar-refractivity contribution is 5.74. The minimum absolute atomic E-state index is 0.138. The topological polar surface area (TPSA) is 44.4 Å². The Hall–Kier alpha value is -1.69. The van der Waals surface area contributed by atoms with Gasteiger partial charge in [-0.25, -0.2) is 13.6 Å². The number of amides is 2. The summed E-state index contributed by atoms with van der Waals surface area (Å²) in [6.45, 7) is 9.12. The van der Waals surface area contributed by atoms with E-state index in [1.165, 1.54) is 12.1 Å². The number of hydrogen-bond acceptors (Lipinski definition) is 2. The van der Waals surface area contributed by atoms with Crippen molar-refractivity contribution in [2.75, 3.05) is 19.6 Å². The smallest absolute Gasteiger partial charge is 0.315 e. The maximum Gasteiger partial charge on any atom is 0.315 e. The van der Waals surface area contributed by atoms with E-state index in [1.54, 1.807) is 6.92 Å². The van der Waals surface area contributed by atoms with Gasteiger partial charge >= 0.3 is 6.03 Å². The first kappa shape index (κ1) is 18.6. The van der Waals surface area contributed by atoms with E-state index in [2.05, 4.69) is 29.4 Å². The van der Waals surface area contributed by atoms with Gasteiger partial charge in [0.1, 0.15) is 11.6 Å². The van der Waals surface area contributed by atoms with Crippen molar-refractivity contribution in [3.63, 3.8) is 0 Å². The van der Waals surface area contributed by atoms with Gasteiger partial charge < -0.3 is 15.5 Å². The number of hydrogen-bond donors (Lipinski definition) is 2. The van der Waals surface area contributed by atoms with Crippen LogP contribution in [-0.4, -0.2) is 36.6 Å². The molecule has 1 aromatic carbocycles. The van der Waals surface area contributed by atoms with Crippen LogP contribution in [0.15, 0.2) is 18.2 Å². The number of urea groups is 1. The molecule has 0 spiro atoms. The first-order valence-corrected chi connectivity index (χ1v) is 8.59. The van der Waals surface area contributed by atoms with Crippen LogP contribution in [0.2, 0.25) is 0 Å². The second-order valence-corrected chi connectivity index (χ2v) is 6.97. The van der Waals surface area contributed by atoms with Crippen LogP contribution in [0.4, 0.5) is 13.6 Å². The van der Waals surface area contributed by atoms with Gasteiger partial charge in [-0.3, -0.25) is 0 Å². The van der Waals surface area contributed by atoms with Crippen LogP contribution in [0.5, 0.6) is 0 Å². The van der Waals surface area contributed by atoms with E-state index in [4.69, 9.17) is 0 Å². The highest BCUT2D eigenvalue weighted by atomic mass is 19.1. The van der Waals surface area contributed by atoms with Crippen molar-refractivity contribution in [1.29, 1.82) is 0 Å². The Morgan fingerprint density at radius 2 is 1.92 bits per heavy atom. The fourth-order valence-corrected chi connectivity index (χ4v) is 3.13. The number of halogens is 2. The van der Waals surface area contributed by atoms with Gasteiger partial charge in [0.15, 0.2) is 0 Å². The van der Waals surface area contributed by atoms with Gasteiger partial charge in [0.2, 0.25) is 0 Å². The van der Waals surface area contributed by atoms with E-state index in [1.807, 2.05) is 0 Å². The number of nitrogens with zero attached hydrogens (tertiary/aromatic N) is 1. The highest BCUT2D eigenvalue weighted by Crippen LogP contribution is 2.18. The Morgan fingerprint density at radius 3 is 2.50 bits per heavy atom. The van der Waals surface area contributed by atoms with Crippen LogP contribution < -0.4 is 10.6 Å². The molecule has 1 saturated heterocycles. The molecule has 2 rings (SSSR count). The van der Waals surface area contributed by atoms with Gasteiger partial charge in [0.25, 0.3) is 0 Å². The lowest BCUT2D eigenvalue weighted by atomic mass is 10.0. The summed E-state index contributed by atoms with van der Waals surface area (Å²) >= 11 is 0. The second-order valence-electron chi connectivity index (χ2n) is 6.97. The SMILES string of the molecule is CC(C)CN1CCC(NC(=O)N[C@H](C)c2ccc(F)cc2F)CC1. The molecule has 134 valence electrons. The van der Waals surface area contributed by atoms with Crippen molar-refractivity contribution in [3.05, 3.63) is 35.4 Å². The van der Waals surface area contributed by atoms with Crippen molar-refractivity contribution in [1.82, 2.24) is 15.5 Å². The summed E-state index contributed by atoms with van der Waals surface area (Å²) in [6.07, 6.45) is 1.83. The quantitative estimate of drug-likeness (QED) is 0.863. The number of benzene rings is 1. The molecule has 0 radical (unpaired) electrons. The zero-order chi connectivity index (χ0) is 17.7. The lowest BCUT2D eigenvalue weighted by Crippen LogP contribution is -2.48. The summed E-state index contributed by atoms with van der Waals surface area (Å²) in [5.74, 6) is -0.630. The van der Waals surface area contributed by atoms with Gasteiger partial charge in [-0.15, -0.1) is 0 Å². The maximum atomic E-state index is 13.7. The molecule has 0 aliphatic carbocycles. The number of carbonyl (C=O) groups excluding carboxylic acids is 1. The van der Waals surface area contributed by atoms with Crippen LogP contribution in [0, 0.1) is 17.6 Å². The Labute approximate surface area is 142 Å². The van der Waals surface area contributed by atoms with E-state index in [-0.39, 0.29) is 17.6 Å². The number of likely N-dealkylation sites (tertiary alicyclic amines) is 1. The summed E-state index contributed by atoms with van der Waals surface area (Å²) in [6, 6.07) is 2.69. The Morgan fingerprint density at radius 1 is 1.25 bits per heavy atom.